The van der Waals surface area contributed by atoms with E-state index in [2.05, 4.69) is 28.1 Å². The van der Waals surface area contributed by atoms with Crippen molar-refractivity contribution in [3.05, 3.63) is 48.0 Å². The molecule has 3 heterocycles. The van der Waals surface area contributed by atoms with E-state index in [0.717, 1.165) is 5.56 Å². The highest BCUT2D eigenvalue weighted by atomic mass is 32.2. The van der Waals surface area contributed by atoms with Gasteiger partial charge in [-0.3, -0.25) is 23.4 Å². The summed E-state index contributed by atoms with van der Waals surface area (Å²) in [5.74, 6) is -0.557. The molecule has 3 aliphatic rings. The van der Waals surface area contributed by atoms with Gasteiger partial charge in [-0.2, -0.15) is 0 Å². The van der Waals surface area contributed by atoms with Crippen LogP contribution in [0.25, 0.3) is 0 Å². The first-order valence-corrected chi connectivity index (χ1v) is 16.6. The summed E-state index contributed by atoms with van der Waals surface area (Å²) in [6, 6.07) is 8.02. The van der Waals surface area contributed by atoms with Crippen molar-refractivity contribution in [3.8, 4) is 0 Å². The Bertz CT molecular complexity index is 1170. The standard InChI is InChI=1S/C31H44N4O6S/c1-22(36)32-26(12-19-42(2)40)29(38)35-16-11-25-24(21-35)10-6-7-13-31(14-17-41-18-15-31)30(39)34-27(28(37)33-25)20-23-8-4-3-5-9-23/h3-9,24-27H,10-21H2,1-2H3,(H,32,36)(H,33,37)(H,34,39)/b7-6+/t24-,25-,26-,27+,42?/m0/s1. The molecule has 0 aliphatic carbocycles. The number of amides is 4. The highest BCUT2D eigenvalue weighted by molar-refractivity contribution is 7.84. The Morgan fingerprint density at radius 1 is 1.14 bits per heavy atom. The largest absolute Gasteiger partial charge is 0.381 e. The molecule has 0 saturated carbocycles. The summed E-state index contributed by atoms with van der Waals surface area (Å²) in [5, 5.41) is 9.06. The Balaban J connectivity index is 1.56. The van der Waals surface area contributed by atoms with E-state index < -0.39 is 28.3 Å². The number of fused-ring (bicyclic) bond motifs is 1. The van der Waals surface area contributed by atoms with Crippen LogP contribution in [-0.4, -0.2) is 89.2 Å². The van der Waals surface area contributed by atoms with Crippen molar-refractivity contribution >= 4 is 34.4 Å². The maximum atomic E-state index is 13.8. The van der Waals surface area contributed by atoms with E-state index in [9.17, 15) is 23.4 Å². The van der Waals surface area contributed by atoms with Crippen molar-refractivity contribution < 1.29 is 28.1 Å². The van der Waals surface area contributed by atoms with Gasteiger partial charge in [0.1, 0.15) is 12.1 Å². The molecule has 230 valence electrons. The number of rotatable bonds is 7. The molecule has 1 aromatic carbocycles. The molecule has 3 N–H and O–H groups in total. The van der Waals surface area contributed by atoms with Crippen molar-refractivity contribution in [2.75, 3.05) is 38.3 Å². The first-order valence-electron chi connectivity index (χ1n) is 14.9. The molecule has 42 heavy (non-hydrogen) atoms. The van der Waals surface area contributed by atoms with Gasteiger partial charge < -0.3 is 25.6 Å². The number of carbonyl (C=O) groups is 4. The molecular weight excluding hydrogens is 556 g/mol. The first kappa shape index (κ1) is 31.9. The van der Waals surface area contributed by atoms with Crippen molar-refractivity contribution in [2.24, 2.45) is 11.3 Å². The van der Waals surface area contributed by atoms with Crippen molar-refractivity contribution in [2.45, 2.75) is 70.0 Å². The molecule has 2 saturated heterocycles. The number of hydrogen-bond acceptors (Lipinski definition) is 6. The van der Waals surface area contributed by atoms with Crippen LogP contribution in [0, 0.1) is 11.3 Å². The summed E-state index contributed by atoms with van der Waals surface area (Å²) >= 11 is 0. The van der Waals surface area contributed by atoms with Gasteiger partial charge in [-0.1, -0.05) is 42.5 Å². The number of likely N-dealkylation sites (tertiary alicyclic amines) is 1. The zero-order valence-electron chi connectivity index (χ0n) is 24.6. The van der Waals surface area contributed by atoms with Gasteiger partial charge in [0.05, 0.1) is 5.41 Å². The number of benzene rings is 1. The van der Waals surface area contributed by atoms with Crippen LogP contribution in [0.15, 0.2) is 42.5 Å². The SMILES string of the molecule is CC(=O)N[C@@H](CCS(C)=O)C(=O)N1CC[C@@H]2NC(=O)[C@@H](Cc3ccccc3)NC(=O)C3(C/C=C/C[C@H]2C1)CCOCC3. The number of ether oxygens (including phenoxy) is 1. The number of nitrogens with zero attached hydrogens (tertiary/aromatic N) is 1. The number of carbonyl (C=O) groups excluding carboxylic acids is 4. The number of hydrogen-bond donors (Lipinski definition) is 3. The average Bonchev–Trinajstić information content (AvgIpc) is 2.97. The van der Waals surface area contributed by atoms with Gasteiger partial charge in [-0.25, -0.2) is 0 Å². The minimum absolute atomic E-state index is 0.0423. The molecule has 0 radical (unpaired) electrons. The summed E-state index contributed by atoms with van der Waals surface area (Å²) in [4.78, 5) is 54.6. The number of allylic oxidation sites excluding steroid dienone is 2. The predicted molar refractivity (Wildman–Crippen MR) is 161 cm³/mol. The van der Waals surface area contributed by atoms with Crippen LogP contribution < -0.4 is 16.0 Å². The fourth-order valence-electron chi connectivity index (χ4n) is 6.19. The van der Waals surface area contributed by atoms with Gasteiger partial charge in [0.25, 0.3) is 0 Å². The number of nitrogens with one attached hydrogen (secondary N) is 3. The van der Waals surface area contributed by atoms with E-state index >= 15 is 0 Å². The predicted octanol–water partition coefficient (Wildman–Crippen LogP) is 1.47. The van der Waals surface area contributed by atoms with Crippen LogP contribution in [0.1, 0.15) is 51.0 Å². The molecule has 2 fully saturated rings. The fourth-order valence-corrected chi connectivity index (χ4v) is 6.76. The van der Waals surface area contributed by atoms with Gasteiger partial charge in [-0.15, -0.1) is 0 Å². The summed E-state index contributed by atoms with van der Waals surface area (Å²) in [7, 11) is -1.09. The summed E-state index contributed by atoms with van der Waals surface area (Å²) < 4.78 is 17.3. The first-order chi connectivity index (χ1) is 20.2. The molecule has 4 rings (SSSR count). The summed E-state index contributed by atoms with van der Waals surface area (Å²) in [6.07, 6.45) is 9.31. The van der Waals surface area contributed by atoms with Crippen LogP contribution in [0.4, 0.5) is 0 Å². The quantitative estimate of drug-likeness (QED) is 0.406. The molecular formula is C31H44N4O6S. The molecule has 1 aromatic rings. The van der Waals surface area contributed by atoms with E-state index in [4.69, 9.17) is 4.74 Å². The fraction of sp³-hybridized carbons (Fsp3) is 0.613. The van der Waals surface area contributed by atoms with E-state index in [1.54, 1.807) is 11.2 Å². The van der Waals surface area contributed by atoms with Crippen LogP contribution in [0.3, 0.4) is 0 Å². The third-order valence-electron chi connectivity index (χ3n) is 8.69. The lowest BCUT2D eigenvalue weighted by molar-refractivity contribution is -0.141. The second-order valence-corrected chi connectivity index (χ2v) is 13.3. The molecule has 11 heteroatoms. The zero-order chi connectivity index (χ0) is 30.1. The molecule has 0 bridgehead atoms. The highest BCUT2D eigenvalue weighted by Crippen LogP contribution is 2.36. The van der Waals surface area contributed by atoms with Gasteiger partial charge >= 0.3 is 0 Å². The Hall–Kier alpha value is -3.05. The molecule has 5 atom stereocenters. The average molecular weight is 601 g/mol. The Labute approximate surface area is 250 Å². The van der Waals surface area contributed by atoms with Crippen molar-refractivity contribution in [1.82, 2.24) is 20.9 Å². The third kappa shape index (κ3) is 8.50. The molecule has 1 spiro atoms. The lowest BCUT2D eigenvalue weighted by atomic mass is 9.75. The molecule has 10 nitrogen and oxygen atoms in total. The van der Waals surface area contributed by atoms with Gasteiger partial charge in [0.2, 0.25) is 23.6 Å². The second-order valence-electron chi connectivity index (χ2n) is 11.8. The van der Waals surface area contributed by atoms with E-state index in [1.807, 2.05) is 30.3 Å². The molecule has 1 unspecified atom stereocenters. The lowest BCUT2D eigenvalue weighted by Gasteiger charge is -2.41. The van der Waals surface area contributed by atoms with Gasteiger partial charge in [0, 0.05) is 74.4 Å². The van der Waals surface area contributed by atoms with Crippen LogP contribution in [0.5, 0.6) is 0 Å². The Kier molecular flexibility index (Phi) is 11.3. The van der Waals surface area contributed by atoms with Crippen LogP contribution in [-0.2, 0) is 41.1 Å². The molecule has 4 amide bonds. The third-order valence-corrected chi connectivity index (χ3v) is 9.50. The minimum atomic E-state index is -1.09. The van der Waals surface area contributed by atoms with E-state index in [1.165, 1.54) is 6.92 Å². The zero-order valence-corrected chi connectivity index (χ0v) is 25.5. The Morgan fingerprint density at radius 2 is 1.88 bits per heavy atom. The monoisotopic (exact) mass is 600 g/mol. The summed E-state index contributed by atoms with van der Waals surface area (Å²) in [5.41, 5.74) is 0.321. The van der Waals surface area contributed by atoms with Crippen molar-refractivity contribution in [3.63, 3.8) is 0 Å². The normalized spacial score (nSPS) is 26.8. The van der Waals surface area contributed by atoms with Crippen LogP contribution in [0.2, 0.25) is 0 Å². The second kappa shape index (κ2) is 14.9. The molecule has 3 aliphatic heterocycles. The highest BCUT2D eigenvalue weighted by Gasteiger charge is 2.42. The number of piperidine rings is 1. The van der Waals surface area contributed by atoms with Gasteiger partial charge in [-0.05, 0) is 44.1 Å². The summed E-state index contributed by atoms with van der Waals surface area (Å²) in [6.45, 7) is 3.22. The van der Waals surface area contributed by atoms with Crippen molar-refractivity contribution in [1.29, 1.82) is 0 Å². The maximum absolute atomic E-state index is 13.8. The minimum Gasteiger partial charge on any atom is -0.381 e. The maximum Gasteiger partial charge on any atom is 0.245 e. The van der Waals surface area contributed by atoms with E-state index in [-0.39, 0.29) is 35.6 Å². The Morgan fingerprint density at radius 3 is 2.57 bits per heavy atom. The topological polar surface area (TPSA) is 134 Å². The molecule has 0 aromatic heterocycles. The van der Waals surface area contributed by atoms with Crippen LogP contribution >= 0.6 is 0 Å². The smallest absolute Gasteiger partial charge is 0.245 e. The van der Waals surface area contributed by atoms with Gasteiger partial charge in [0.15, 0.2) is 0 Å². The lowest BCUT2D eigenvalue weighted by Crippen LogP contribution is -2.59. The van der Waals surface area contributed by atoms with E-state index in [0.29, 0.717) is 77.0 Å².